The van der Waals surface area contributed by atoms with Crippen LogP contribution in [0.4, 0.5) is 5.69 Å². The summed E-state index contributed by atoms with van der Waals surface area (Å²) in [7, 11) is 0. The van der Waals surface area contributed by atoms with E-state index in [4.69, 9.17) is 4.74 Å². The van der Waals surface area contributed by atoms with Crippen molar-refractivity contribution in [3.8, 4) is 5.75 Å². The minimum Gasteiger partial charge on any atom is -0.506 e. The number of halogens is 4. The van der Waals surface area contributed by atoms with Crippen LogP contribution in [0.25, 0.3) is 0 Å². The first kappa shape index (κ1) is 20.4. The number of amides is 1. The average molecular weight is 601 g/mol. The third-order valence-corrected chi connectivity index (χ3v) is 5.35. The molecule has 2 aromatic carbocycles. The van der Waals surface area contributed by atoms with E-state index < -0.39 is 18.5 Å². The second-order valence-corrected chi connectivity index (χ2v) is 8.49. The van der Waals surface area contributed by atoms with E-state index >= 15 is 0 Å². The summed E-state index contributed by atoms with van der Waals surface area (Å²) < 4.78 is 7.30. The molecule has 2 N–H and O–H groups in total. The number of hydrogen-bond acceptors (Lipinski definition) is 4. The molecule has 1 amide bonds. The van der Waals surface area contributed by atoms with Crippen molar-refractivity contribution in [2.45, 2.75) is 6.92 Å². The number of carbonyl (C=O) groups is 2. The summed E-state index contributed by atoms with van der Waals surface area (Å²) in [4.78, 5) is 24.1. The van der Waals surface area contributed by atoms with Crippen LogP contribution < -0.4 is 5.32 Å². The van der Waals surface area contributed by atoms with Gasteiger partial charge in [-0.25, -0.2) is 4.79 Å². The smallest absolute Gasteiger partial charge is 0.342 e. The predicted molar refractivity (Wildman–Crippen MR) is 109 cm³/mol. The number of hydrogen-bond donors (Lipinski definition) is 2. The molecule has 0 saturated heterocycles. The lowest BCUT2D eigenvalue weighted by molar-refractivity contribution is -0.119. The molecule has 25 heavy (non-hydrogen) atoms. The fraction of sp³-hybridized carbons (Fsp3) is 0.125. The van der Waals surface area contributed by atoms with Crippen LogP contribution in [-0.4, -0.2) is 23.6 Å². The molecule has 0 saturated carbocycles. The molecular formula is C16H11Br4NO4. The Kier molecular flexibility index (Phi) is 7.07. The maximum Gasteiger partial charge on any atom is 0.342 e. The summed E-state index contributed by atoms with van der Waals surface area (Å²) in [6, 6.07) is 6.70. The molecule has 0 radical (unpaired) electrons. The van der Waals surface area contributed by atoms with E-state index in [1.807, 2.05) is 19.1 Å². The molecule has 0 atom stereocenters. The van der Waals surface area contributed by atoms with Gasteiger partial charge in [-0.3, -0.25) is 4.79 Å². The Balaban J connectivity index is 2.05. The number of ether oxygens (including phenoxy) is 1. The molecule has 132 valence electrons. The van der Waals surface area contributed by atoms with Gasteiger partial charge in [0.15, 0.2) is 6.61 Å². The fourth-order valence-electron chi connectivity index (χ4n) is 1.93. The zero-order valence-corrected chi connectivity index (χ0v) is 19.0. The van der Waals surface area contributed by atoms with Crippen LogP contribution in [0.3, 0.4) is 0 Å². The second-order valence-electron chi connectivity index (χ2n) is 5.01. The number of esters is 1. The molecule has 2 rings (SSSR count). The van der Waals surface area contributed by atoms with Gasteiger partial charge in [-0.05, 0) is 84.5 Å². The first-order chi connectivity index (χ1) is 11.7. The molecule has 0 bridgehead atoms. The van der Waals surface area contributed by atoms with E-state index in [1.165, 1.54) is 6.07 Å². The summed E-state index contributed by atoms with van der Waals surface area (Å²) in [5, 5.41) is 12.6. The third-order valence-electron chi connectivity index (χ3n) is 3.03. The monoisotopic (exact) mass is 597 g/mol. The van der Waals surface area contributed by atoms with Gasteiger partial charge in [0, 0.05) is 13.4 Å². The molecule has 0 spiro atoms. The van der Waals surface area contributed by atoms with Gasteiger partial charge in [-0.2, -0.15) is 0 Å². The lowest BCUT2D eigenvalue weighted by Crippen LogP contribution is -2.21. The Morgan fingerprint density at radius 3 is 2.24 bits per heavy atom. The normalized spacial score (nSPS) is 10.4. The molecular weight excluding hydrogens is 590 g/mol. The maximum atomic E-state index is 12.1. The number of phenolic OH excluding ortho intramolecular Hbond substituents is 1. The van der Waals surface area contributed by atoms with Crippen LogP contribution in [0, 0.1) is 6.92 Å². The molecule has 9 heteroatoms. The van der Waals surface area contributed by atoms with Gasteiger partial charge in [0.25, 0.3) is 5.91 Å². The zero-order chi connectivity index (χ0) is 18.7. The Labute approximate surface area is 177 Å². The first-order valence-corrected chi connectivity index (χ1v) is 9.97. The fourth-order valence-corrected chi connectivity index (χ4v) is 4.76. The third kappa shape index (κ3) is 5.29. The number of nitrogens with one attached hydrogen (secondary N) is 1. The van der Waals surface area contributed by atoms with E-state index in [1.54, 1.807) is 6.07 Å². The van der Waals surface area contributed by atoms with Gasteiger partial charge in [0.05, 0.1) is 10.2 Å². The summed E-state index contributed by atoms with van der Waals surface area (Å²) in [6.07, 6.45) is 0. The summed E-state index contributed by atoms with van der Waals surface area (Å²) >= 11 is 13.1. The highest BCUT2D eigenvalue weighted by atomic mass is 79.9. The molecule has 0 aromatic heterocycles. The van der Waals surface area contributed by atoms with Gasteiger partial charge in [0.2, 0.25) is 0 Å². The van der Waals surface area contributed by atoms with Crippen LogP contribution in [-0.2, 0) is 9.53 Å². The summed E-state index contributed by atoms with van der Waals surface area (Å²) in [5.74, 6) is -1.57. The zero-order valence-electron chi connectivity index (χ0n) is 12.7. The van der Waals surface area contributed by atoms with Crippen molar-refractivity contribution in [1.29, 1.82) is 0 Å². The number of aromatic hydroxyl groups is 1. The topological polar surface area (TPSA) is 75.6 Å². The quantitative estimate of drug-likeness (QED) is 0.452. The van der Waals surface area contributed by atoms with Gasteiger partial charge in [-0.1, -0.05) is 15.9 Å². The number of carbonyl (C=O) groups excluding carboxylic acids is 2. The molecule has 2 aromatic rings. The minimum atomic E-state index is -0.809. The van der Waals surface area contributed by atoms with E-state index in [2.05, 4.69) is 69.0 Å². The molecule has 0 unspecified atom stereocenters. The highest BCUT2D eigenvalue weighted by Crippen LogP contribution is 2.33. The average Bonchev–Trinajstić information content (AvgIpc) is 2.52. The Hall–Kier alpha value is -0.900. The molecule has 0 aliphatic carbocycles. The van der Waals surface area contributed by atoms with Crippen molar-refractivity contribution in [3.05, 3.63) is 53.3 Å². The van der Waals surface area contributed by atoms with E-state index in [9.17, 15) is 14.7 Å². The van der Waals surface area contributed by atoms with Crippen LogP contribution in [0.5, 0.6) is 5.75 Å². The van der Waals surface area contributed by atoms with Gasteiger partial charge in [-0.15, -0.1) is 0 Å². The van der Waals surface area contributed by atoms with Crippen molar-refractivity contribution in [2.24, 2.45) is 0 Å². The molecule has 5 nitrogen and oxygen atoms in total. The van der Waals surface area contributed by atoms with Gasteiger partial charge in [0.1, 0.15) is 11.3 Å². The van der Waals surface area contributed by atoms with Crippen LogP contribution in [0.15, 0.2) is 42.2 Å². The largest absolute Gasteiger partial charge is 0.506 e. The highest BCUT2D eigenvalue weighted by Gasteiger charge is 2.18. The Morgan fingerprint density at radius 1 is 1.04 bits per heavy atom. The molecule has 0 fully saturated rings. The minimum absolute atomic E-state index is 0.0493. The first-order valence-electron chi connectivity index (χ1n) is 6.79. The predicted octanol–water partition coefficient (Wildman–Crippen LogP) is 5.55. The van der Waals surface area contributed by atoms with Gasteiger partial charge >= 0.3 is 5.97 Å². The number of anilines is 1. The van der Waals surface area contributed by atoms with Crippen LogP contribution in [0.2, 0.25) is 0 Å². The van der Waals surface area contributed by atoms with Crippen LogP contribution in [0.1, 0.15) is 15.9 Å². The second kappa shape index (κ2) is 8.66. The molecule has 0 aliphatic rings. The molecule has 0 heterocycles. The summed E-state index contributed by atoms with van der Waals surface area (Å²) in [6.45, 7) is 1.43. The van der Waals surface area contributed by atoms with Crippen molar-refractivity contribution in [2.75, 3.05) is 11.9 Å². The van der Waals surface area contributed by atoms with E-state index in [-0.39, 0.29) is 11.3 Å². The highest BCUT2D eigenvalue weighted by molar-refractivity contribution is 9.11. The van der Waals surface area contributed by atoms with E-state index in [0.717, 1.165) is 5.56 Å². The van der Waals surface area contributed by atoms with Crippen molar-refractivity contribution in [1.82, 2.24) is 0 Å². The lowest BCUT2D eigenvalue weighted by Gasteiger charge is -2.12. The number of phenols is 1. The number of benzene rings is 2. The van der Waals surface area contributed by atoms with E-state index in [0.29, 0.717) is 23.6 Å². The molecule has 0 aliphatic heterocycles. The number of rotatable bonds is 4. The SMILES string of the molecule is Cc1cc(Br)c(NC(=O)COC(=O)c2cc(Br)cc(Br)c2O)c(Br)c1. The van der Waals surface area contributed by atoms with Crippen molar-refractivity contribution < 1.29 is 19.4 Å². The maximum absolute atomic E-state index is 12.1. The van der Waals surface area contributed by atoms with Crippen molar-refractivity contribution >= 4 is 81.3 Å². The van der Waals surface area contributed by atoms with Crippen molar-refractivity contribution in [3.63, 3.8) is 0 Å². The number of aryl methyl sites for hydroxylation is 1. The lowest BCUT2D eigenvalue weighted by atomic mass is 10.2. The van der Waals surface area contributed by atoms with Crippen LogP contribution >= 0.6 is 63.7 Å². The standard InChI is InChI=1S/C16H11Br4NO4/c1-7-2-10(18)14(11(19)3-7)21-13(22)6-25-16(24)9-4-8(17)5-12(20)15(9)23/h2-5,23H,6H2,1H3,(H,21,22). The Bertz CT molecular complexity index is 831. The summed E-state index contributed by atoms with van der Waals surface area (Å²) in [5.41, 5.74) is 1.50. The Morgan fingerprint density at radius 2 is 1.64 bits per heavy atom. The van der Waals surface area contributed by atoms with Gasteiger partial charge < -0.3 is 15.2 Å².